The molecule has 0 radical (unpaired) electrons. The smallest absolute Gasteiger partial charge is 0.273 e. The summed E-state index contributed by atoms with van der Waals surface area (Å²) < 4.78 is 7.42. The number of aryl methyl sites for hydroxylation is 2. The average Bonchev–Trinajstić information content (AvgIpc) is 2.93. The summed E-state index contributed by atoms with van der Waals surface area (Å²) in [4.78, 5) is 14.6. The molecule has 1 aliphatic heterocycles. The highest BCUT2D eigenvalue weighted by Gasteiger charge is 2.28. The van der Waals surface area contributed by atoms with Crippen molar-refractivity contribution in [1.29, 1.82) is 0 Å². The van der Waals surface area contributed by atoms with Gasteiger partial charge in [-0.15, -0.1) is 0 Å². The standard InChI is InChI=1S/C18H22ClN3O2/c1-13-5-7-15(8-6-13)24-12-14-4-3-9-22(11-14)18(23)17-16(19)10-20-21(17)2/h5-8,10,14H,3-4,9,11-12H2,1-2H3/t14-/m0/s1. The summed E-state index contributed by atoms with van der Waals surface area (Å²) in [5.41, 5.74) is 1.67. The lowest BCUT2D eigenvalue weighted by Gasteiger charge is -2.32. The summed E-state index contributed by atoms with van der Waals surface area (Å²) in [6.45, 7) is 4.11. The number of amides is 1. The fraction of sp³-hybridized carbons (Fsp3) is 0.444. The van der Waals surface area contributed by atoms with Crippen molar-refractivity contribution in [3.05, 3.63) is 46.7 Å². The molecule has 3 rings (SSSR count). The Morgan fingerprint density at radius 3 is 2.79 bits per heavy atom. The highest BCUT2D eigenvalue weighted by Crippen LogP contribution is 2.23. The molecule has 0 aliphatic carbocycles. The Hall–Kier alpha value is -2.01. The number of benzene rings is 1. The van der Waals surface area contributed by atoms with Gasteiger partial charge in [0.2, 0.25) is 0 Å². The highest BCUT2D eigenvalue weighted by molar-refractivity contribution is 6.33. The zero-order chi connectivity index (χ0) is 17.1. The van der Waals surface area contributed by atoms with Gasteiger partial charge in [-0.3, -0.25) is 9.48 Å². The molecule has 0 saturated carbocycles. The van der Waals surface area contributed by atoms with Crippen LogP contribution >= 0.6 is 11.6 Å². The third kappa shape index (κ3) is 3.73. The number of rotatable bonds is 4. The van der Waals surface area contributed by atoms with Crippen molar-refractivity contribution in [3.8, 4) is 5.75 Å². The number of piperidine rings is 1. The predicted octanol–water partition coefficient (Wildman–Crippen LogP) is 3.31. The molecule has 1 aromatic carbocycles. The number of nitrogens with zero attached hydrogens (tertiary/aromatic N) is 3. The average molecular weight is 348 g/mol. The molecular weight excluding hydrogens is 326 g/mol. The second-order valence-corrected chi connectivity index (χ2v) is 6.76. The molecule has 2 heterocycles. The van der Waals surface area contributed by atoms with E-state index in [0.717, 1.165) is 25.1 Å². The van der Waals surface area contributed by atoms with Gasteiger partial charge >= 0.3 is 0 Å². The van der Waals surface area contributed by atoms with E-state index in [1.807, 2.05) is 29.2 Å². The summed E-state index contributed by atoms with van der Waals surface area (Å²) in [6.07, 6.45) is 3.55. The summed E-state index contributed by atoms with van der Waals surface area (Å²) in [7, 11) is 1.74. The van der Waals surface area contributed by atoms with E-state index in [9.17, 15) is 4.79 Å². The molecular formula is C18H22ClN3O2. The molecule has 128 valence electrons. The van der Waals surface area contributed by atoms with E-state index in [1.165, 1.54) is 16.4 Å². The molecule has 1 fully saturated rings. The van der Waals surface area contributed by atoms with E-state index in [0.29, 0.717) is 29.8 Å². The first-order chi connectivity index (χ1) is 11.5. The van der Waals surface area contributed by atoms with Crippen molar-refractivity contribution >= 4 is 17.5 Å². The Morgan fingerprint density at radius 1 is 1.38 bits per heavy atom. The number of halogens is 1. The van der Waals surface area contributed by atoms with E-state index in [-0.39, 0.29) is 5.91 Å². The summed E-state index contributed by atoms with van der Waals surface area (Å²) in [6, 6.07) is 8.04. The van der Waals surface area contributed by atoms with Gasteiger partial charge in [-0.05, 0) is 31.9 Å². The van der Waals surface area contributed by atoms with Crippen LogP contribution in [-0.2, 0) is 7.05 Å². The van der Waals surface area contributed by atoms with Gasteiger partial charge < -0.3 is 9.64 Å². The molecule has 1 aromatic heterocycles. The van der Waals surface area contributed by atoms with E-state index in [4.69, 9.17) is 16.3 Å². The molecule has 0 bridgehead atoms. The first kappa shape index (κ1) is 16.8. The third-order valence-electron chi connectivity index (χ3n) is 4.41. The quantitative estimate of drug-likeness (QED) is 0.852. The minimum Gasteiger partial charge on any atom is -0.493 e. The summed E-state index contributed by atoms with van der Waals surface area (Å²) in [5, 5.41) is 4.45. The van der Waals surface area contributed by atoms with E-state index < -0.39 is 0 Å². The van der Waals surface area contributed by atoms with Crippen LogP contribution in [0.4, 0.5) is 0 Å². The van der Waals surface area contributed by atoms with Gasteiger partial charge in [-0.2, -0.15) is 5.10 Å². The number of carbonyl (C=O) groups excluding carboxylic acids is 1. The molecule has 2 aromatic rings. The van der Waals surface area contributed by atoms with Gasteiger partial charge in [-0.25, -0.2) is 0 Å². The second-order valence-electron chi connectivity index (χ2n) is 6.35. The topological polar surface area (TPSA) is 47.4 Å². The normalized spacial score (nSPS) is 17.8. The zero-order valence-electron chi connectivity index (χ0n) is 14.0. The number of ether oxygens (including phenoxy) is 1. The van der Waals surface area contributed by atoms with E-state index in [1.54, 1.807) is 7.05 Å². The largest absolute Gasteiger partial charge is 0.493 e. The van der Waals surface area contributed by atoms with Gasteiger partial charge in [0.25, 0.3) is 5.91 Å². The molecule has 6 heteroatoms. The predicted molar refractivity (Wildman–Crippen MR) is 93.5 cm³/mol. The SMILES string of the molecule is Cc1ccc(OC[C@H]2CCCN(C(=O)c3c(Cl)cnn3C)C2)cc1. The van der Waals surface area contributed by atoms with Crippen LogP contribution in [-0.4, -0.2) is 40.3 Å². The summed E-state index contributed by atoms with van der Waals surface area (Å²) in [5.74, 6) is 1.15. The summed E-state index contributed by atoms with van der Waals surface area (Å²) >= 11 is 6.09. The van der Waals surface area contributed by atoms with Crippen LogP contribution < -0.4 is 4.74 Å². The molecule has 1 amide bonds. The maximum atomic E-state index is 12.7. The number of aromatic nitrogens is 2. The van der Waals surface area contributed by atoms with Crippen molar-refractivity contribution in [2.24, 2.45) is 13.0 Å². The lowest BCUT2D eigenvalue weighted by atomic mass is 9.98. The molecule has 1 atom stereocenters. The van der Waals surface area contributed by atoms with Crippen LogP contribution in [0, 0.1) is 12.8 Å². The van der Waals surface area contributed by atoms with Crippen molar-refractivity contribution < 1.29 is 9.53 Å². The Kier molecular flexibility index (Phi) is 5.09. The van der Waals surface area contributed by atoms with Gasteiger partial charge in [0.05, 0.1) is 17.8 Å². The minimum absolute atomic E-state index is 0.0555. The molecule has 1 saturated heterocycles. The van der Waals surface area contributed by atoms with E-state index in [2.05, 4.69) is 12.0 Å². The third-order valence-corrected chi connectivity index (χ3v) is 4.69. The number of hydrogen-bond donors (Lipinski definition) is 0. The van der Waals surface area contributed by atoms with Gasteiger partial charge in [0.15, 0.2) is 0 Å². The Labute approximate surface area is 147 Å². The Bertz CT molecular complexity index is 692. The first-order valence-corrected chi connectivity index (χ1v) is 8.58. The molecule has 0 spiro atoms. The molecule has 24 heavy (non-hydrogen) atoms. The van der Waals surface area contributed by atoms with Crippen molar-refractivity contribution in [2.75, 3.05) is 19.7 Å². The van der Waals surface area contributed by atoms with Gasteiger partial charge in [0.1, 0.15) is 11.4 Å². The zero-order valence-corrected chi connectivity index (χ0v) is 14.8. The van der Waals surface area contributed by atoms with Crippen molar-refractivity contribution in [3.63, 3.8) is 0 Å². The van der Waals surface area contributed by atoms with Gasteiger partial charge in [-0.1, -0.05) is 29.3 Å². The van der Waals surface area contributed by atoms with Crippen LogP contribution in [0.2, 0.25) is 5.02 Å². The van der Waals surface area contributed by atoms with Crippen LogP contribution in [0.25, 0.3) is 0 Å². The van der Waals surface area contributed by atoms with Crippen LogP contribution in [0.15, 0.2) is 30.5 Å². The van der Waals surface area contributed by atoms with Crippen molar-refractivity contribution in [2.45, 2.75) is 19.8 Å². The Morgan fingerprint density at radius 2 is 2.12 bits per heavy atom. The maximum absolute atomic E-state index is 12.7. The lowest BCUT2D eigenvalue weighted by Crippen LogP contribution is -2.42. The number of hydrogen-bond acceptors (Lipinski definition) is 3. The molecule has 0 N–H and O–H groups in total. The minimum atomic E-state index is -0.0555. The fourth-order valence-electron chi connectivity index (χ4n) is 3.04. The fourth-order valence-corrected chi connectivity index (χ4v) is 3.28. The van der Waals surface area contributed by atoms with E-state index >= 15 is 0 Å². The highest BCUT2D eigenvalue weighted by atomic mass is 35.5. The number of carbonyl (C=O) groups is 1. The molecule has 1 aliphatic rings. The molecule has 5 nitrogen and oxygen atoms in total. The molecule has 0 unspecified atom stereocenters. The van der Waals surface area contributed by atoms with Crippen LogP contribution in [0.3, 0.4) is 0 Å². The van der Waals surface area contributed by atoms with Crippen LogP contribution in [0.1, 0.15) is 28.9 Å². The van der Waals surface area contributed by atoms with Gasteiger partial charge in [0, 0.05) is 26.1 Å². The number of likely N-dealkylation sites (tertiary alicyclic amines) is 1. The second kappa shape index (κ2) is 7.26. The first-order valence-electron chi connectivity index (χ1n) is 8.21. The maximum Gasteiger partial charge on any atom is 0.273 e. The van der Waals surface area contributed by atoms with Crippen molar-refractivity contribution in [1.82, 2.24) is 14.7 Å². The lowest BCUT2D eigenvalue weighted by molar-refractivity contribution is 0.0622. The monoisotopic (exact) mass is 347 g/mol. The Balaban J connectivity index is 1.60. The van der Waals surface area contributed by atoms with Crippen LogP contribution in [0.5, 0.6) is 5.75 Å².